The first-order valence-electron chi connectivity index (χ1n) is 5.34. The normalized spacial score (nSPS) is 18.9. The van der Waals surface area contributed by atoms with Crippen LogP contribution in [0.15, 0.2) is 0 Å². The molecule has 1 aliphatic heterocycles. The predicted octanol–water partition coefficient (Wildman–Crippen LogP) is 1.55. The maximum absolute atomic E-state index is 13.4. The van der Waals surface area contributed by atoms with Crippen LogP contribution in [0.4, 0.5) is 27.6 Å². The molecule has 0 aromatic heterocycles. The molecule has 9 heteroatoms. The SMILES string of the molecule is CN1C(=O)CC(Nc2c(F)c(F)c(F)c(F)c2F)C1=O. The number of carbonyl (C=O) groups excluding carboxylic acids is 2. The minimum Gasteiger partial charge on any atom is -0.368 e. The Bertz CT molecular complexity index is 590. The molecule has 2 rings (SSSR count). The van der Waals surface area contributed by atoms with Crippen molar-refractivity contribution in [2.24, 2.45) is 0 Å². The average molecular weight is 294 g/mol. The molecule has 4 nitrogen and oxygen atoms in total. The Hall–Kier alpha value is -2.19. The van der Waals surface area contributed by atoms with Gasteiger partial charge in [0.1, 0.15) is 11.7 Å². The van der Waals surface area contributed by atoms with Crippen molar-refractivity contribution in [2.45, 2.75) is 12.5 Å². The second-order valence-corrected chi connectivity index (χ2v) is 4.14. The smallest absolute Gasteiger partial charge is 0.251 e. The Morgan fingerprint density at radius 2 is 1.40 bits per heavy atom. The number of hydrogen-bond donors (Lipinski definition) is 1. The molecule has 1 heterocycles. The quantitative estimate of drug-likeness (QED) is 0.390. The first kappa shape index (κ1) is 14.2. The summed E-state index contributed by atoms with van der Waals surface area (Å²) in [5.41, 5.74) is -1.33. The van der Waals surface area contributed by atoms with E-state index in [-0.39, 0.29) is 0 Å². The molecule has 1 aromatic rings. The van der Waals surface area contributed by atoms with E-state index in [1.54, 1.807) is 0 Å². The van der Waals surface area contributed by atoms with Crippen molar-refractivity contribution in [3.8, 4) is 0 Å². The number of anilines is 1. The summed E-state index contributed by atoms with van der Waals surface area (Å²) in [4.78, 5) is 23.4. The van der Waals surface area contributed by atoms with E-state index in [0.717, 1.165) is 7.05 Å². The molecule has 1 saturated heterocycles. The number of nitrogens with zero attached hydrogens (tertiary/aromatic N) is 1. The van der Waals surface area contributed by atoms with E-state index in [2.05, 4.69) is 0 Å². The Kier molecular flexibility index (Phi) is 3.36. The maximum atomic E-state index is 13.4. The topological polar surface area (TPSA) is 49.4 Å². The van der Waals surface area contributed by atoms with Crippen LogP contribution >= 0.6 is 0 Å². The molecule has 1 unspecified atom stereocenters. The van der Waals surface area contributed by atoms with Gasteiger partial charge in [0.05, 0.1) is 6.42 Å². The molecule has 0 bridgehead atoms. The fraction of sp³-hybridized carbons (Fsp3) is 0.273. The molecule has 0 aliphatic carbocycles. The summed E-state index contributed by atoms with van der Waals surface area (Å²) in [5.74, 6) is -12.2. The van der Waals surface area contributed by atoms with Gasteiger partial charge in [-0.3, -0.25) is 14.5 Å². The number of benzene rings is 1. The van der Waals surface area contributed by atoms with Crippen LogP contribution in [0.2, 0.25) is 0 Å². The number of halogens is 5. The van der Waals surface area contributed by atoms with Gasteiger partial charge in [0.25, 0.3) is 5.91 Å². The fourth-order valence-electron chi connectivity index (χ4n) is 1.77. The van der Waals surface area contributed by atoms with Gasteiger partial charge in [-0.15, -0.1) is 0 Å². The van der Waals surface area contributed by atoms with Gasteiger partial charge >= 0.3 is 0 Å². The highest BCUT2D eigenvalue weighted by Crippen LogP contribution is 2.29. The van der Waals surface area contributed by atoms with Crippen LogP contribution in [0.3, 0.4) is 0 Å². The first-order chi connectivity index (χ1) is 9.25. The van der Waals surface area contributed by atoms with Crippen molar-refractivity contribution in [2.75, 3.05) is 12.4 Å². The molecule has 1 aromatic carbocycles. The molecule has 20 heavy (non-hydrogen) atoms. The van der Waals surface area contributed by atoms with Crippen LogP contribution in [-0.2, 0) is 9.59 Å². The summed E-state index contributed by atoms with van der Waals surface area (Å²) in [5, 5.41) is 1.89. The lowest BCUT2D eigenvalue weighted by molar-refractivity contribution is -0.136. The minimum absolute atomic E-state index is 0.436. The van der Waals surface area contributed by atoms with Crippen molar-refractivity contribution >= 4 is 17.5 Å². The Morgan fingerprint density at radius 3 is 1.80 bits per heavy atom. The Morgan fingerprint density at radius 1 is 0.950 bits per heavy atom. The second-order valence-electron chi connectivity index (χ2n) is 4.14. The van der Waals surface area contributed by atoms with E-state index in [9.17, 15) is 31.5 Å². The molecule has 108 valence electrons. The van der Waals surface area contributed by atoms with Gasteiger partial charge in [-0.1, -0.05) is 0 Å². The van der Waals surface area contributed by atoms with Gasteiger partial charge in [0, 0.05) is 7.05 Å². The summed E-state index contributed by atoms with van der Waals surface area (Å²) in [6, 6.07) is -1.37. The highest BCUT2D eigenvalue weighted by atomic mass is 19.2. The Labute approximate surface area is 109 Å². The van der Waals surface area contributed by atoms with Gasteiger partial charge in [-0.25, -0.2) is 22.0 Å². The van der Waals surface area contributed by atoms with Crippen LogP contribution in [-0.4, -0.2) is 29.8 Å². The van der Waals surface area contributed by atoms with Gasteiger partial charge in [-0.2, -0.15) is 0 Å². The number of carbonyl (C=O) groups is 2. The number of amides is 2. The van der Waals surface area contributed by atoms with Crippen molar-refractivity contribution in [3.05, 3.63) is 29.1 Å². The number of imide groups is 1. The van der Waals surface area contributed by atoms with Crippen molar-refractivity contribution < 1.29 is 31.5 Å². The summed E-state index contributed by atoms with van der Waals surface area (Å²) < 4.78 is 65.5. The monoisotopic (exact) mass is 294 g/mol. The van der Waals surface area contributed by atoms with Gasteiger partial charge < -0.3 is 5.32 Å². The maximum Gasteiger partial charge on any atom is 0.251 e. The molecule has 0 spiro atoms. The van der Waals surface area contributed by atoms with Crippen LogP contribution in [0.25, 0.3) is 0 Å². The molecule has 2 amide bonds. The van der Waals surface area contributed by atoms with Crippen LogP contribution in [0.5, 0.6) is 0 Å². The molecule has 1 fully saturated rings. The predicted molar refractivity (Wildman–Crippen MR) is 56.0 cm³/mol. The van der Waals surface area contributed by atoms with E-state index >= 15 is 0 Å². The molecule has 0 saturated carbocycles. The van der Waals surface area contributed by atoms with Crippen molar-refractivity contribution in [3.63, 3.8) is 0 Å². The third-order valence-electron chi connectivity index (χ3n) is 2.91. The number of rotatable bonds is 2. The van der Waals surface area contributed by atoms with E-state index in [0.29, 0.717) is 4.90 Å². The lowest BCUT2D eigenvalue weighted by atomic mass is 10.2. The Balaban J connectivity index is 2.41. The van der Waals surface area contributed by atoms with Crippen LogP contribution < -0.4 is 5.32 Å². The first-order valence-corrected chi connectivity index (χ1v) is 5.34. The molecule has 1 atom stereocenters. The van der Waals surface area contributed by atoms with Gasteiger partial charge in [0.15, 0.2) is 23.3 Å². The minimum atomic E-state index is -2.29. The number of nitrogens with one attached hydrogen (secondary N) is 1. The van der Waals surface area contributed by atoms with Crippen LogP contribution in [0.1, 0.15) is 6.42 Å². The van der Waals surface area contributed by atoms with Crippen molar-refractivity contribution in [1.82, 2.24) is 4.90 Å². The van der Waals surface area contributed by atoms with Gasteiger partial charge in [-0.05, 0) is 0 Å². The average Bonchev–Trinajstić information content (AvgIpc) is 2.66. The summed E-state index contributed by atoms with van der Waals surface area (Å²) in [7, 11) is 1.14. The van der Waals surface area contributed by atoms with Crippen molar-refractivity contribution in [1.29, 1.82) is 0 Å². The van der Waals surface area contributed by atoms with E-state index < -0.39 is 59.1 Å². The highest BCUT2D eigenvalue weighted by molar-refractivity contribution is 6.06. The molecular weight excluding hydrogens is 287 g/mol. The number of likely N-dealkylation sites (N-methyl/N-ethyl adjacent to an activating group) is 1. The second kappa shape index (κ2) is 4.73. The van der Waals surface area contributed by atoms with Gasteiger partial charge in [0.2, 0.25) is 11.7 Å². The zero-order valence-electron chi connectivity index (χ0n) is 9.94. The largest absolute Gasteiger partial charge is 0.368 e. The zero-order chi connectivity index (χ0) is 15.2. The van der Waals surface area contributed by atoms with E-state index in [4.69, 9.17) is 0 Å². The molecular formula is C11H7F5N2O2. The van der Waals surface area contributed by atoms with Crippen LogP contribution in [0, 0.1) is 29.1 Å². The van der Waals surface area contributed by atoms with E-state index in [1.807, 2.05) is 5.32 Å². The number of hydrogen-bond acceptors (Lipinski definition) is 3. The van der Waals surface area contributed by atoms with E-state index in [1.165, 1.54) is 0 Å². The third kappa shape index (κ3) is 1.98. The molecule has 1 aliphatic rings. The lowest BCUT2D eigenvalue weighted by Gasteiger charge is -2.14. The number of likely N-dealkylation sites (tertiary alicyclic amines) is 1. The lowest BCUT2D eigenvalue weighted by Crippen LogP contribution is -2.32. The standard InChI is InChI=1S/C11H7F5N2O2/c1-18-4(19)2-3(11(18)20)17-10-8(15)6(13)5(12)7(14)9(10)16/h3,17H,2H2,1H3. The highest BCUT2D eigenvalue weighted by Gasteiger charge is 2.38. The molecule has 1 N–H and O–H groups in total. The summed E-state index contributed by atoms with van der Waals surface area (Å²) in [6.45, 7) is 0. The summed E-state index contributed by atoms with van der Waals surface area (Å²) in [6.07, 6.45) is -0.436. The fourth-order valence-corrected chi connectivity index (χ4v) is 1.77. The third-order valence-corrected chi connectivity index (χ3v) is 2.91. The zero-order valence-corrected chi connectivity index (χ0v) is 9.94. The molecule has 0 radical (unpaired) electrons. The summed E-state index contributed by atoms with van der Waals surface area (Å²) >= 11 is 0.